The number of benzene rings is 1. The molecule has 1 aliphatic rings. The van der Waals surface area contributed by atoms with Crippen molar-refractivity contribution in [1.82, 2.24) is 10.2 Å². The summed E-state index contributed by atoms with van der Waals surface area (Å²) >= 11 is 0. The first kappa shape index (κ1) is 20.4. The van der Waals surface area contributed by atoms with E-state index in [1.54, 1.807) is 17.0 Å². The lowest BCUT2D eigenvalue weighted by atomic mass is 9.97. The summed E-state index contributed by atoms with van der Waals surface area (Å²) in [6, 6.07) is 8.52. The zero-order valence-corrected chi connectivity index (χ0v) is 14.8. The summed E-state index contributed by atoms with van der Waals surface area (Å²) in [4.78, 5) is 26.1. The third-order valence-electron chi connectivity index (χ3n) is 4.08. The van der Waals surface area contributed by atoms with Gasteiger partial charge >= 0.3 is 0 Å². The van der Waals surface area contributed by atoms with E-state index in [4.69, 9.17) is 10.5 Å². The molecule has 134 valence electrons. The van der Waals surface area contributed by atoms with Crippen molar-refractivity contribution in [2.75, 3.05) is 33.4 Å². The molecule has 6 nitrogen and oxygen atoms in total. The van der Waals surface area contributed by atoms with Crippen molar-refractivity contribution < 1.29 is 14.3 Å². The van der Waals surface area contributed by atoms with Gasteiger partial charge in [0.25, 0.3) is 5.91 Å². The van der Waals surface area contributed by atoms with Crippen molar-refractivity contribution in [3.8, 4) is 0 Å². The molecule has 0 bridgehead atoms. The minimum atomic E-state index is -0.613. The van der Waals surface area contributed by atoms with Crippen LogP contribution in [0.1, 0.15) is 23.2 Å². The number of amides is 2. The lowest BCUT2D eigenvalue weighted by molar-refractivity contribution is -0.135. The van der Waals surface area contributed by atoms with E-state index in [1.807, 2.05) is 18.2 Å². The number of nitrogens with zero attached hydrogens (tertiary/aromatic N) is 1. The number of nitrogens with two attached hydrogens (primary N) is 1. The molecule has 1 fully saturated rings. The highest BCUT2D eigenvalue weighted by molar-refractivity contribution is 5.94. The number of hydrogen-bond acceptors (Lipinski definition) is 4. The van der Waals surface area contributed by atoms with Gasteiger partial charge in [-0.3, -0.25) is 9.59 Å². The first-order valence-electron chi connectivity index (χ1n) is 7.98. The molecular formula is C17H26ClN3O3. The van der Waals surface area contributed by atoms with Crippen molar-refractivity contribution in [2.45, 2.75) is 18.9 Å². The van der Waals surface area contributed by atoms with Crippen LogP contribution in [0.3, 0.4) is 0 Å². The maximum absolute atomic E-state index is 12.2. The van der Waals surface area contributed by atoms with E-state index in [1.165, 1.54) is 7.11 Å². The number of carbonyl (C=O) groups excluding carboxylic acids is 2. The minimum Gasteiger partial charge on any atom is -0.383 e. The quantitative estimate of drug-likeness (QED) is 0.798. The van der Waals surface area contributed by atoms with Crippen molar-refractivity contribution in [3.63, 3.8) is 0 Å². The molecule has 2 unspecified atom stereocenters. The number of halogens is 1. The molecule has 1 aliphatic heterocycles. The Bertz CT molecular complexity index is 527. The predicted molar refractivity (Wildman–Crippen MR) is 95.2 cm³/mol. The maximum atomic E-state index is 12.2. The maximum Gasteiger partial charge on any atom is 0.251 e. The molecule has 1 heterocycles. The fourth-order valence-electron chi connectivity index (χ4n) is 2.85. The van der Waals surface area contributed by atoms with Crippen molar-refractivity contribution in [1.29, 1.82) is 0 Å². The SMILES string of the molecule is COCC(N)C(=O)N1CCCC(CNC(=O)c2ccccc2)C1.Cl. The van der Waals surface area contributed by atoms with Crippen molar-refractivity contribution in [3.05, 3.63) is 35.9 Å². The zero-order valence-electron chi connectivity index (χ0n) is 13.9. The number of carbonyl (C=O) groups is 2. The molecule has 3 N–H and O–H groups in total. The van der Waals surface area contributed by atoms with Gasteiger partial charge in [-0.25, -0.2) is 0 Å². The van der Waals surface area contributed by atoms with Crippen LogP contribution in [0, 0.1) is 5.92 Å². The van der Waals surface area contributed by atoms with E-state index in [-0.39, 0.29) is 36.7 Å². The summed E-state index contributed by atoms with van der Waals surface area (Å²) in [6.07, 6.45) is 1.93. The molecule has 1 aromatic carbocycles. The summed E-state index contributed by atoms with van der Waals surface area (Å²) < 4.78 is 4.94. The molecule has 2 atom stereocenters. The van der Waals surface area contributed by atoms with E-state index in [2.05, 4.69) is 5.32 Å². The Labute approximate surface area is 149 Å². The Kier molecular flexibility index (Phi) is 8.74. The van der Waals surface area contributed by atoms with Crippen LogP contribution in [-0.2, 0) is 9.53 Å². The number of likely N-dealkylation sites (tertiary alicyclic amines) is 1. The molecule has 0 spiro atoms. The second-order valence-electron chi connectivity index (χ2n) is 5.93. The van der Waals surface area contributed by atoms with Gasteiger partial charge in [0.05, 0.1) is 6.61 Å². The lowest BCUT2D eigenvalue weighted by Crippen LogP contribution is -2.51. The number of piperidine rings is 1. The Morgan fingerprint density at radius 2 is 2.08 bits per heavy atom. The fourth-order valence-corrected chi connectivity index (χ4v) is 2.85. The van der Waals surface area contributed by atoms with Crippen LogP contribution in [-0.4, -0.2) is 56.1 Å². The van der Waals surface area contributed by atoms with Gasteiger partial charge in [-0.1, -0.05) is 18.2 Å². The number of rotatable bonds is 6. The van der Waals surface area contributed by atoms with Crippen LogP contribution in [0.2, 0.25) is 0 Å². The summed E-state index contributed by atoms with van der Waals surface area (Å²) in [7, 11) is 1.53. The second-order valence-corrected chi connectivity index (χ2v) is 5.93. The van der Waals surface area contributed by atoms with E-state index < -0.39 is 6.04 Å². The van der Waals surface area contributed by atoms with Gasteiger partial charge in [-0.15, -0.1) is 12.4 Å². The third kappa shape index (κ3) is 5.78. The van der Waals surface area contributed by atoms with Crippen LogP contribution in [0.4, 0.5) is 0 Å². The van der Waals surface area contributed by atoms with Crippen LogP contribution in [0.25, 0.3) is 0 Å². The predicted octanol–water partition coefficient (Wildman–Crippen LogP) is 1.05. The van der Waals surface area contributed by atoms with Gasteiger partial charge < -0.3 is 20.7 Å². The molecule has 24 heavy (non-hydrogen) atoms. The molecule has 0 aliphatic carbocycles. The molecule has 2 amide bonds. The van der Waals surface area contributed by atoms with E-state index in [0.717, 1.165) is 19.4 Å². The highest BCUT2D eigenvalue weighted by atomic mass is 35.5. The monoisotopic (exact) mass is 355 g/mol. The van der Waals surface area contributed by atoms with E-state index in [0.29, 0.717) is 18.7 Å². The Morgan fingerprint density at radius 3 is 2.75 bits per heavy atom. The number of nitrogens with one attached hydrogen (secondary N) is 1. The average Bonchev–Trinajstić information content (AvgIpc) is 2.60. The molecule has 1 aromatic rings. The number of ether oxygens (including phenoxy) is 1. The lowest BCUT2D eigenvalue weighted by Gasteiger charge is -2.34. The van der Waals surface area contributed by atoms with Crippen LogP contribution >= 0.6 is 12.4 Å². The van der Waals surface area contributed by atoms with Crippen LogP contribution < -0.4 is 11.1 Å². The standard InChI is InChI=1S/C17H25N3O3.ClH/c1-23-12-15(18)17(22)20-9-5-6-13(11-20)10-19-16(21)14-7-3-2-4-8-14;/h2-4,7-8,13,15H,5-6,9-12,18H2,1H3,(H,19,21);1H. The molecule has 7 heteroatoms. The summed E-state index contributed by atoms with van der Waals surface area (Å²) in [6.45, 7) is 2.15. The number of hydrogen-bond donors (Lipinski definition) is 2. The minimum absolute atomic E-state index is 0. The molecule has 2 rings (SSSR count). The summed E-state index contributed by atoms with van der Waals surface area (Å²) in [5.41, 5.74) is 6.47. The van der Waals surface area contributed by atoms with E-state index in [9.17, 15) is 9.59 Å². The largest absolute Gasteiger partial charge is 0.383 e. The van der Waals surface area contributed by atoms with Crippen molar-refractivity contribution >= 4 is 24.2 Å². The second kappa shape index (κ2) is 10.3. The molecular weight excluding hydrogens is 330 g/mol. The Morgan fingerprint density at radius 1 is 1.38 bits per heavy atom. The highest BCUT2D eigenvalue weighted by Crippen LogP contribution is 2.16. The first-order chi connectivity index (χ1) is 11.1. The Hall–Kier alpha value is -1.63. The normalized spacial score (nSPS) is 18.4. The topological polar surface area (TPSA) is 84.7 Å². The van der Waals surface area contributed by atoms with Crippen LogP contribution in [0.5, 0.6) is 0 Å². The number of methoxy groups -OCH3 is 1. The van der Waals surface area contributed by atoms with Gasteiger partial charge in [-0.2, -0.15) is 0 Å². The molecule has 0 radical (unpaired) electrons. The van der Waals surface area contributed by atoms with Crippen molar-refractivity contribution in [2.24, 2.45) is 11.7 Å². The molecule has 0 saturated carbocycles. The molecule has 0 aromatic heterocycles. The van der Waals surface area contributed by atoms with Gasteiger partial charge in [0, 0.05) is 32.3 Å². The first-order valence-corrected chi connectivity index (χ1v) is 7.98. The highest BCUT2D eigenvalue weighted by Gasteiger charge is 2.27. The summed E-state index contributed by atoms with van der Waals surface area (Å²) in [5, 5.41) is 2.95. The summed E-state index contributed by atoms with van der Waals surface area (Å²) in [5.74, 6) is 0.103. The van der Waals surface area contributed by atoms with Gasteiger partial charge in [0.1, 0.15) is 6.04 Å². The average molecular weight is 356 g/mol. The smallest absolute Gasteiger partial charge is 0.251 e. The fraction of sp³-hybridized carbons (Fsp3) is 0.529. The third-order valence-corrected chi connectivity index (χ3v) is 4.08. The zero-order chi connectivity index (χ0) is 16.7. The van der Waals surface area contributed by atoms with Crippen LogP contribution in [0.15, 0.2) is 30.3 Å². The van der Waals surface area contributed by atoms with Gasteiger partial charge in [0.2, 0.25) is 5.91 Å². The molecule has 1 saturated heterocycles. The van der Waals surface area contributed by atoms with E-state index >= 15 is 0 Å². The van der Waals surface area contributed by atoms with Gasteiger partial charge in [-0.05, 0) is 30.9 Å². The Balaban J connectivity index is 0.00000288. The van der Waals surface area contributed by atoms with Gasteiger partial charge in [0.15, 0.2) is 0 Å².